The molecule has 2 rings (SSSR count). The Morgan fingerprint density at radius 2 is 2.14 bits per heavy atom. The molecular formula is C14H19NO4S2. The van der Waals surface area contributed by atoms with Gasteiger partial charge >= 0.3 is 5.97 Å². The molecule has 7 heteroatoms. The van der Waals surface area contributed by atoms with E-state index in [1.54, 1.807) is 23.9 Å². The molecule has 1 aliphatic rings. The van der Waals surface area contributed by atoms with Crippen molar-refractivity contribution >= 4 is 27.8 Å². The summed E-state index contributed by atoms with van der Waals surface area (Å²) in [5.74, 6) is 0.254. The SMILES string of the molecule is COC(=O)c1cccc(S(=O)(=O)N2CCSC(C)CC2)c1. The second-order valence-electron chi connectivity index (χ2n) is 4.89. The van der Waals surface area contributed by atoms with Crippen LogP contribution in [0.15, 0.2) is 29.2 Å². The van der Waals surface area contributed by atoms with Crippen LogP contribution in [0.25, 0.3) is 0 Å². The summed E-state index contributed by atoms with van der Waals surface area (Å²) in [6, 6.07) is 6.01. The van der Waals surface area contributed by atoms with Gasteiger partial charge in [0.2, 0.25) is 10.0 Å². The van der Waals surface area contributed by atoms with Crippen LogP contribution in [-0.4, -0.2) is 49.9 Å². The van der Waals surface area contributed by atoms with E-state index >= 15 is 0 Å². The van der Waals surface area contributed by atoms with Crippen LogP contribution in [0.2, 0.25) is 0 Å². The van der Waals surface area contributed by atoms with Crippen molar-refractivity contribution in [3.8, 4) is 0 Å². The van der Waals surface area contributed by atoms with E-state index in [9.17, 15) is 13.2 Å². The minimum Gasteiger partial charge on any atom is -0.465 e. The minimum absolute atomic E-state index is 0.143. The number of methoxy groups -OCH3 is 1. The summed E-state index contributed by atoms with van der Waals surface area (Å²) in [7, 11) is -2.29. The minimum atomic E-state index is -3.56. The van der Waals surface area contributed by atoms with Crippen LogP contribution >= 0.6 is 11.8 Å². The van der Waals surface area contributed by atoms with Crippen LogP contribution in [0.4, 0.5) is 0 Å². The van der Waals surface area contributed by atoms with Crippen molar-refractivity contribution in [1.82, 2.24) is 4.31 Å². The van der Waals surface area contributed by atoms with Gasteiger partial charge in [-0.1, -0.05) is 13.0 Å². The summed E-state index contributed by atoms with van der Waals surface area (Å²) in [5.41, 5.74) is 0.246. The summed E-state index contributed by atoms with van der Waals surface area (Å²) >= 11 is 1.79. The third kappa shape index (κ3) is 3.78. The highest BCUT2D eigenvalue weighted by atomic mass is 32.2. The standard InChI is InChI=1S/C14H19NO4S2/c1-11-6-7-15(8-9-20-11)21(17,18)13-5-3-4-12(10-13)14(16)19-2/h3-5,10-11H,6-9H2,1-2H3. The summed E-state index contributed by atoms with van der Waals surface area (Å²) in [6.45, 7) is 3.12. The van der Waals surface area contributed by atoms with Gasteiger partial charge in [-0.25, -0.2) is 13.2 Å². The van der Waals surface area contributed by atoms with E-state index in [1.165, 1.54) is 23.5 Å². The zero-order valence-electron chi connectivity index (χ0n) is 12.1. The zero-order chi connectivity index (χ0) is 15.5. The maximum absolute atomic E-state index is 12.7. The molecule has 1 aromatic rings. The normalized spacial score (nSPS) is 20.8. The molecule has 0 saturated carbocycles. The molecule has 116 valence electrons. The highest BCUT2D eigenvalue weighted by Gasteiger charge is 2.27. The Balaban J connectivity index is 2.28. The lowest BCUT2D eigenvalue weighted by Crippen LogP contribution is -2.33. The van der Waals surface area contributed by atoms with Crippen molar-refractivity contribution in [1.29, 1.82) is 0 Å². The second-order valence-corrected chi connectivity index (χ2v) is 8.38. The van der Waals surface area contributed by atoms with E-state index in [1.807, 2.05) is 0 Å². The van der Waals surface area contributed by atoms with Crippen molar-refractivity contribution < 1.29 is 17.9 Å². The van der Waals surface area contributed by atoms with Crippen molar-refractivity contribution in [3.05, 3.63) is 29.8 Å². The second kappa shape index (κ2) is 6.81. The lowest BCUT2D eigenvalue weighted by molar-refractivity contribution is 0.0600. The summed E-state index contributed by atoms with van der Waals surface area (Å²) in [6.07, 6.45) is 0.834. The molecule has 0 amide bonds. The van der Waals surface area contributed by atoms with Gasteiger partial charge in [-0.3, -0.25) is 0 Å². The molecule has 0 spiro atoms. The van der Waals surface area contributed by atoms with E-state index in [-0.39, 0.29) is 10.5 Å². The van der Waals surface area contributed by atoms with Gasteiger partial charge in [-0.05, 0) is 24.6 Å². The molecule has 0 aromatic heterocycles. The molecule has 0 bridgehead atoms. The van der Waals surface area contributed by atoms with E-state index < -0.39 is 16.0 Å². The molecule has 1 aromatic carbocycles. The fourth-order valence-corrected chi connectivity index (χ4v) is 4.79. The fourth-order valence-electron chi connectivity index (χ4n) is 2.17. The fraction of sp³-hybridized carbons (Fsp3) is 0.500. The number of sulfonamides is 1. The van der Waals surface area contributed by atoms with Crippen LogP contribution in [0.3, 0.4) is 0 Å². The summed E-state index contributed by atoms with van der Waals surface area (Å²) in [5, 5.41) is 0.464. The van der Waals surface area contributed by atoms with E-state index in [2.05, 4.69) is 11.7 Å². The Hall–Kier alpha value is -1.05. The molecule has 1 saturated heterocycles. The van der Waals surface area contributed by atoms with Crippen LogP contribution in [-0.2, 0) is 14.8 Å². The Kier molecular flexibility index (Phi) is 5.29. The molecule has 21 heavy (non-hydrogen) atoms. The molecule has 1 unspecified atom stereocenters. The zero-order valence-corrected chi connectivity index (χ0v) is 13.7. The van der Waals surface area contributed by atoms with Gasteiger partial charge in [-0.15, -0.1) is 0 Å². The van der Waals surface area contributed by atoms with Gasteiger partial charge in [0.05, 0.1) is 17.6 Å². The van der Waals surface area contributed by atoms with E-state index in [4.69, 9.17) is 0 Å². The maximum atomic E-state index is 12.7. The molecule has 1 aliphatic heterocycles. The predicted octanol–water partition coefficient (Wildman–Crippen LogP) is 1.99. The first-order valence-electron chi connectivity index (χ1n) is 6.75. The number of carbonyl (C=O) groups excluding carboxylic acids is 1. The van der Waals surface area contributed by atoms with E-state index in [0.717, 1.165) is 12.2 Å². The molecule has 1 fully saturated rings. The first kappa shape index (κ1) is 16.3. The van der Waals surface area contributed by atoms with Crippen LogP contribution in [0.1, 0.15) is 23.7 Å². The number of thioether (sulfide) groups is 1. The molecule has 1 heterocycles. The molecule has 0 aliphatic carbocycles. The number of benzene rings is 1. The van der Waals surface area contributed by atoms with Gasteiger partial charge in [0.1, 0.15) is 0 Å². The highest BCUT2D eigenvalue weighted by Crippen LogP contribution is 2.24. The average molecular weight is 329 g/mol. The van der Waals surface area contributed by atoms with Crippen molar-refractivity contribution in [2.75, 3.05) is 26.0 Å². The van der Waals surface area contributed by atoms with Crippen LogP contribution in [0, 0.1) is 0 Å². The quantitative estimate of drug-likeness (QED) is 0.794. The van der Waals surface area contributed by atoms with Gasteiger partial charge in [0.15, 0.2) is 0 Å². The van der Waals surface area contributed by atoms with Gasteiger partial charge < -0.3 is 4.74 Å². The largest absolute Gasteiger partial charge is 0.465 e. The maximum Gasteiger partial charge on any atom is 0.337 e. The number of hydrogen-bond donors (Lipinski definition) is 0. The molecule has 0 N–H and O–H groups in total. The first-order chi connectivity index (χ1) is 9.95. The molecule has 0 radical (unpaired) electrons. The smallest absolute Gasteiger partial charge is 0.337 e. The van der Waals surface area contributed by atoms with Gasteiger partial charge in [-0.2, -0.15) is 16.1 Å². The van der Waals surface area contributed by atoms with Crippen LogP contribution in [0.5, 0.6) is 0 Å². The monoisotopic (exact) mass is 329 g/mol. The van der Waals surface area contributed by atoms with E-state index in [0.29, 0.717) is 18.3 Å². The van der Waals surface area contributed by atoms with Crippen molar-refractivity contribution in [3.63, 3.8) is 0 Å². The number of carbonyl (C=O) groups is 1. The van der Waals surface area contributed by atoms with Crippen molar-refractivity contribution in [2.24, 2.45) is 0 Å². The number of ether oxygens (including phenoxy) is 1. The first-order valence-corrected chi connectivity index (χ1v) is 9.24. The lowest BCUT2D eigenvalue weighted by Gasteiger charge is -2.20. The third-order valence-corrected chi connectivity index (χ3v) is 6.54. The lowest BCUT2D eigenvalue weighted by atomic mass is 10.2. The molecule has 1 atom stereocenters. The average Bonchev–Trinajstić information content (AvgIpc) is 2.71. The summed E-state index contributed by atoms with van der Waals surface area (Å²) < 4.78 is 31.5. The summed E-state index contributed by atoms with van der Waals surface area (Å²) in [4.78, 5) is 11.7. The highest BCUT2D eigenvalue weighted by molar-refractivity contribution is 8.00. The number of rotatable bonds is 3. The Morgan fingerprint density at radius 1 is 1.38 bits per heavy atom. The Labute approximate surface area is 129 Å². The Bertz CT molecular complexity index is 615. The van der Waals surface area contributed by atoms with Gasteiger partial charge in [0.25, 0.3) is 0 Å². The van der Waals surface area contributed by atoms with Crippen molar-refractivity contribution in [2.45, 2.75) is 23.5 Å². The third-order valence-electron chi connectivity index (χ3n) is 3.42. The molecular weight excluding hydrogens is 310 g/mol. The molecule has 5 nitrogen and oxygen atoms in total. The predicted molar refractivity (Wildman–Crippen MR) is 83.1 cm³/mol. The Morgan fingerprint density at radius 3 is 2.86 bits per heavy atom. The number of hydrogen-bond acceptors (Lipinski definition) is 5. The number of esters is 1. The van der Waals surface area contributed by atoms with Crippen LogP contribution < -0.4 is 0 Å². The topological polar surface area (TPSA) is 63.7 Å². The number of nitrogens with zero attached hydrogens (tertiary/aromatic N) is 1. The van der Waals surface area contributed by atoms with Gasteiger partial charge in [0, 0.05) is 24.1 Å².